The van der Waals surface area contributed by atoms with E-state index in [1.54, 1.807) is 48.5 Å². The molecule has 0 aliphatic carbocycles. The van der Waals surface area contributed by atoms with E-state index < -0.39 is 0 Å². The summed E-state index contributed by atoms with van der Waals surface area (Å²) < 4.78 is 0. The van der Waals surface area contributed by atoms with Crippen LogP contribution in [0.4, 0.5) is 5.69 Å². The second-order valence-corrected chi connectivity index (χ2v) is 6.07. The normalized spacial score (nSPS) is 10.2. The molecule has 0 radical (unpaired) electrons. The number of carbonyl (C=O) groups excluding carboxylic acids is 2. The quantitative estimate of drug-likeness (QED) is 0.516. The van der Waals surface area contributed by atoms with E-state index in [9.17, 15) is 9.59 Å². The summed E-state index contributed by atoms with van der Waals surface area (Å²) in [5.74, 6) is -0.279. The first-order valence-electron chi connectivity index (χ1n) is 8.32. The predicted molar refractivity (Wildman–Crippen MR) is 105 cm³/mol. The zero-order valence-corrected chi connectivity index (χ0v) is 14.5. The number of Topliss-reactive ketones (excluding diaryl/α,β-unsaturated/α-hetero) is 1. The Morgan fingerprint density at radius 3 is 1.92 bits per heavy atom. The zero-order valence-electron chi connectivity index (χ0n) is 14.5. The molecule has 3 rings (SSSR count). The number of benzene rings is 3. The second kappa shape index (κ2) is 7.62. The molecule has 0 aliphatic heterocycles. The molecule has 3 heteroatoms. The third-order valence-electron chi connectivity index (χ3n) is 4.12. The smallest absolute Gasteiger partial charge is 0.255 e. The van der Waals surface area contributed by atoms with Crippen LogP contribution in [0.25, 0.3) is 5.57 Å². The van der Waals surface area contributed by atoms with Gasteiger partial charge in [0.15, 0.2) is 5.78 Å². The van der Waals surface area contributed by atoms with E-state index in [-0.39, 0.29) is 11.7 Å². The first kappa shape index (κ1) is 17.4. The van der Waals surface area contributed by atoms with E-state index >= 15 is 0 Å². The molecule has 3 nitrogen and oxygen atoms in total. The highest BCUT2D eigenvalue weighted by Crippen LogP contribution is 2.21. The molecule has 0 heterocycles. The van der Waals surface area contributed by atoms with Crippen molar-refractivity contribution in [3.8, 4) is 0 Å². The van der Waals surface area contributed by atoms with Gasteiger partial charge in [-0.25, -0.2) is 0 Å². The maximum absolute atomic E-state index is 12.5. The largest absolute Gasteiger partial charge is 0.322 e. The number of ketones is 1. The third-order valence-corrected chi connectivity index (χ3v) is 4.12. The van der Waals surface area contributed by atoms with Crippen LogP contribution in [-0.4, -0.2) is 11.7 Å². The van der Waals surface area contributed by atoms with Crippen molar-refractivity contribution >= 4 is 23.0 Å². The van der Waals surface area contributed by atoms with Gasteiger partial charge in [0.25, 0.3) is 5.91 Å². The van der Waals surface area contributed by atoms with Gasteiger partial charge in [-0.1, -0.05) is 66.7 Å². The molecule has 3 aromatic carbocycles. The fourth-order valence-corrected chi connectivity index (χ4v) is 2.56. The molecule has 0 saturated carbocycles. The monoisotopic (exact) mass is 341 g/mol. The van der Waals surface area contributed by atoms with Crippen molar-refractivity contribution in [2.75, 3.05) is 5.32 Å². The van der Waals surface area contributed by atoms with Crippen molar-refractivity contribution in [2.45, 2.75) is 6.92 Å². The number of amides is 1. The predicted octanol–water partition coefficient (Wildman–Crippen LogP) is 5.14. The molecule has 1 N–H and O–H groups in total. The molecule has 0 saturated heterocycles. The van der Waals surface area contributed by atoms with E-state index in [0.29, 0.717) is 22.4 Å². The van der Waals surface area contributed by atoms with Crippen LogP contribution in [0, 0.1) is 6.92 Å². The highest BCUT2D eigenvalue weighted by molar-refractivity contribution is 6.28. The lowest BCUT2D eigenvalue weighted by atomic mass is 9.97. The van der Waals surface area contributed by atoms with Crippen molar-refractivity contribution in [3.05, 3.63) is 108 Å². The fraction of sp³-hybridized carbons (Fsp3) is 0.0435. The van der Waals surface area contributed by atoms with Crippen molar-refractivity contribution in [2.24, 2.45) is 0 Å². The van der Waals surface area contributed by atoms with E-state index in [1.165, 1.54) is 0 Å². The summed E-state index contributed by atoms with van der Waals surface area (Å²) in [6.45, 7) is 5.90. The van der Waals surface area contributed by atoms with Crippen LogP contribution in [0.2, 0.25) is 0 Å². The van der Waals surface area contributed by atoms with E-state index in [2.05, 4.69) is 11.9 Å². The summed E-state index contributed by atoms with van der Waals surface area (Å²) in [4.78, 5) is 24.7. The third kappa shape index (κ3) is 3.95. The molecule has 128 valence electrons. The van der Waals surface area contributed by atoms with Crippen molar-refractivity contribution in [1.82, 2.24) is 0 Å². The Morgan fingerprint density at radius 2 is 1.31 bits per heavy atom. The highest BCUT2D eigenvalue weighted by Gasteiger charge is 2.12. The number of hydrogen-bond acceptors (Lipinski definition) is 2. The lowest BCUT2D eigenvalue weighted by Gasteiger charge is -2.08. The number of carbonyl (C=O) groups is 2. The Labute approximate surface area is 153 Å². The first-order valence-corrected chi connectivity index (χ1v) is 8.32. The van der Waals surface area contributed by atoms with Crippen molar-refractivity contribution < 1.29 is 9.59 Å². The molecule has 0 bridgehead atoms. The summed E-state index contributed by atoms with van der Waals surface area (Å²) in [6.07, 6.45) is 0. The van der Waals surface area contributed by atoms with Crippen LogP contribution < -0.4 is 5.32 Å². The molecule has 26 heavy (non-hydrogen) atoms. The summed E-state index contributed by atoms with van der Waals surface area (Å²) in [7, 11) is 0. The molecular formula is C23H19NO2. The number of anilines is 1. The van der Waals surface area contributed by atoms with Crippen LogP contribution in [-0.2, 0) is 0 Å². The molecule has 0 aliphatic rings. The molecule has 3 aromatic rings. The van der Waals surface area contributed by atoms with Crippen LogP contribution in [0.5, 0.6) is 0 Å². The summed E-state index contributed by atoms with van der Waals surface area (Å²) >= 11 is 0. The van der Waals surface area contributed by atoms with Crippen LogP contribution in [0.15, 0.2) is 85.4 Å². The Balaban J connectivity index is 1.70. The molecule has 0 fully saturated rings. The van der Waals surface area contributed by atoms with E-state index in [0.717, 1.165) is 11.1 Å². The maximum atomic E-state index is 12.5. The summed E-state index contributed by atoms with van der Waals surface area (Å²) in [5, 5.41) is 2.84. The highest BCUT2D eigenvalue weighted by atomic mass is 16.1. The number of aryl methyl sites for hydroxylation is 1. The van der Waals surface area contributed by atoms with Crippen LogP contribution in [0.1, 0.15) is 31.8 Å². The van der Waals surface area contributed by atoms with Gasteiger partial charge in [0.2, 0.25) is 0 Å². The average molecular weight is 341 g/mol. The van der Waals surface area contributed by atoms with E-state index in [4.69, 9.17) is 0 Å². The Bertz CT molecular complexity index is 940. The van der Waals surface area contributed by atoms with Gasteiger partial charge >= 0.3 is 0 Å². The number of hydrogen-bond donors (Lipinski definition) is 1. The van der Waals surface area contributed by atoms with Gasteiger partial charge in [0.1, 0.15) is 0 Å². The second-order valence-electron chi connectivity index (χ2n) is 6.07. The van der Waals surface area contributed by atoms with Gasteiger partial charge in [-0.15, -0.1) is 0 Å². The minimum atomic E-state index is -0.173. The standard InChI is InChI=1S/C23H19NO2/c1-16-8-10-19(11-9-16)22(25)17(2)18-12-14-21(15-13-18)24-23(26)20-6-4-3-5-7-20/h3-15H,2H2,1H3,(H,24,26). The molecule has 0 unspecified atom stereocenters. The zero-order chi connectivity index (χ0) is 18.5. The molecule has 1 amide bonds. The Morgan fingerprint density at radius 1 is 0.731 bits per heavy atom. The summed E-state index contributed by atoms with van der Waals surface area (Å²) in [6, 6.07) is 23.5. The average Bonchev–Trinajstić information content (AvgIpc) is 2.69. The number of allylic oxidation sites excluding steroid dienone is 1. The van der Waals surface area contributed by atoms with E-state index in [1.807, 2.05) is 37.3 Å². The maximum Gasteiger partial charge on any atom is 0.255 e. The molecule has 0 spiro atoms. The fourth-order valence-electron chi connectivity index (χ4n) is 2.56. The lowest BCUT2D eigenvalue weighted by molar-refractivity contribution is 0.102. The minimum absolute atomic E-state index is 0.105. The van der Waals surface area contributed by atoms with Crippen molar-refractivity contribution in [1.29, 1.82) is 0 Å². The molecule has 0 atom stereocenters. The SMILES string of the molecule is C=C(C(=O)c1ccc(C)cc1)c1ccc(NC(=O)c2ccccc2)cc1. The first-order chi connectivity index (χ1) is 12.5. The minimum Gasteiger partial charge on any atom is -0.322 e. The molecular weight excluding hydrogens is 322 g/mol. The van der Waals surface area contributed by atoms with Gasteiger partial charge < -0.3 is 5.32 Å². The van der Waals surface area contributed by atoms with Gasteiger partial charge in [0.05, 0.1) is 0 Å². The molecule has 0 aromatic heterocycles. The van der Waals surface area contributed by atoms with Gasteiger partial charge in [0, 0.05) is 22.4 Å². The Kier molecular flexibility index (Phi) is 5.09. The number of nitrogens with one attached hydrogen (secondary N) is 1. The van der Waals surface area contributed by atoms with Crippen LogP contribution >= 0.6 is 0 Å². The van der Waals surface area contributed by atoms with Crippen LogP contribution in [0.3, 0.4) is 0 Å². The van der Waals surface area contributed by atoms with Crippen molar-refractivity contribution in [3.63, 3.8) is 0 Å². The van der Waals surface area contributed by atoms with Gasteiger partial charge in [-0.3, -0.25) is 9.59 Å². The summed E-state index contributed by atoms with van der Waals surface area (Å²) in [5.41, 5.74) is 4.13. The number of rotatable bonds is 5. The Hall–Kier alpha value is -3.46. The lowest BCUT2D eigenvalue weighted by Crippen LogP contribution is -2.11. The van der Waals surface area contributed by atoms with Gasteiger partial charge in [-0.2, -0.15) is 0 Å². The topological polar surface area (TPSA) is 46.2 Å². The van der Waals surface area contributed by atoms with Gasteiger partial charge in [-0.05, 0) is 36.8 Å².